The number of hydrogen-bond acceptors (Lipinski definition) is 4. The predicted molar refractivity (Wildman–Crippen MR) is 46.2 cm³/mol. The molecule has 1 aromatic heterocycles. The zero-order valence-corrected chi connectivity index (χ0v) is 7.74. The third-order valence-corrected chi connectivity index (χ3v) is 1.83. The number of carbonyl (C=O) groups excluding carboxylic acids is 1. The number of alkyl halides is 2. The highest BCUT2D eigenvalue weighted by molar-refractivity contribution is 6.33. The molecule has 0 bridgehead atoms. The number of rotatable bonds is 3. The summed E-state index contributed by atoms with van der Waals surface area (Å²) in [6.07, 6.45) is -2.88. The first-order valence-corrected chi connectivity index (χ1v) is 3.93. The van der Waals surface area contributed by atoms with E-state index in [1.807, 2.05) is 0 Å². The Morgan fingerprint density at radius 2 is 2.20 bits per heavy atom. The van der Waals surface area contributed by atoms with Gasteiger partial charge in [-0.2, -0.15) is 0 Å². The smallest absolute Gasteiger partial charge is 0.358 e. The van der Waals surface area contributed by atoms with Gasteiger partial charge in [0.15, 0.2) is 6.29 Å². The number of nitro groups is 1. The van der Waals surface area contributed by atoms with Gasteiger partial charge in [0.1, 0.15) is 5.56 Å². The van der Waals surface area contributed by atoms with E-state index in [4.69, 9.17) is 11.6 Å². The lowest BCUT2D eigenvalue weighted by molar-refractivity contribution is -0.389. The fraction of sp³-hybridized carbons (Fsp3) is 0.143. The summed E-state index contributed by atoms with van der Waals surface area (Å²) in [7, 11) is 0. The number of carbonyl (C=O) groups is 1. The summed E-state index contributed by atoms with van der Waals surface area (Å²) in [5, 5.41) is 9.97. The highest BCUT2D eigenvalue weighted by Gasteiger charge is 2.25. The number of nitrogens with zero attached hydrogens (tertiary/aromatic N) is 2. The molecule has 0 N–H and O–H groups in total. The van der Waals surface area contributed by atoms with Crippen molar-refractivity contribution < 1.29 is 18.5 Å². The normalized spacial score (nSPS) is 10.4. The molecule has 1 heterocycles. The lowest BCUT2D eigenvalue weighted by Gasteiger charge is -2.00. The van der Waals surface area contributed by atoms with Crippen LogP contribution in [0.1, 0.15) is 22.5 Å². The second-order valence-corrected chi connectivity index (χ2v) is 2.85. The Balaban J connectivity index is 3.45. The highest BCUT2D eigenvalue weighted by atomic mass is 35.5. The monoisotopic (exact) mass is 236 g/mol. The molecule has 0 atom stereocenters. The Morgan fingerprint density at radius 3 is 2.60 bits per heavy atom. The van der Waals surface area contributed by atoms with Crippen molar-refractivity contribution in [3.05, 3.63) is 32.5 Å². The van der Waals surface area contributed by atoms with E-state index in [-0.39, 0.29) is 6.29 Å². The van der Waals surface area contributed by atoms with Crippen LogP contribution in [0.25, 0.3) is 0 Å². The van der Waals surface area contributed by atoms with Crippen LogP contribution < -0.4 is 0 Å². The van der Waals surface area contributed by atoms with Gasteiger partial charge in [-0.3, -0.25) is 4.79 Å². The molecule has 1 aromatic rings. The molecule has 0 aliphatic carbocycles. The maximum Gasteiger partial charge on any atom is 0.376 e. The van der Waals surface area contributed by atoms with Gasteiger partial charge in [0, 0.05) is 6.07 Å². The average Bonchev–Trinajstić information content (AvgIpc) is 2.16. The zero-order chi connectivity index (χ0) is 11.6. The molecule has 0 saturated carbocycles. The number of pyridine rings is 1. The molecule has 0 fully saturated rings. The van der Waals surface area contributed by atoms with Gasteiger partial charge in [-0.15, -0.1) is 0 Å². The van der Waals surface area contributed by atoms with E-state index in [0.29, 0.717) is 0 Å². The molecule has 1 rings (SSSR count). The minimum atomic E-state index is -2.98. The lowest BCUT2D eigenvalue weighted by Crippen LogP contribution is -2.02. The van der Waals surface area contributed by atoms with Crippen molar-refractivity contribution >= 4 is 23.7 Å². The standard InChI is InChI=1S/C7H3ClF2N2O3/c8-4-1-5(6(9)10)11-7(12(14)15)3(4)2-13/h1-2,6H. The molecule has 80 valence electrons. The first-order chi connectivity index (χ1) is 6.97. The predicted octanol–water partition coefficient (Wildman–Crippen LogP) is 2.39. The number of halogens is 3. The van der Waals surface area contributed by atoms with Gasteiger partial charge in [-0.1, -0.05) is 11.6 Å². The molecular weight excluding hydrogens is 234 g/mol. The Kier molecular flexibility index (Phi) is 3.25. The summed E-state index contributed by atoms with van der Waals surface area (Å²) in [4.78, 5) is 22.8. The van der Waals surface area contributed by atoms with Crippen LogP contribution in [-0.4, -0.2) is 16.2 Å². The van der Waals surface area contributed by atoms with Crippen LogP contribution >= 0.6 is 11.6 Å². The van der Waals surface area contributed by atoms with E-state index in [2.05, 4.69) is 4.98 Å². The molecule has 0 aliphatic rings. The van der Waals surface area contributed by atoms with E-state index in [0.717, 1.165) is 6.07 Å². The van der Waals surface area contributed by atoms with E-state index >= 15 is 0 Å². The first kappa shape index (κ1) is 11.4. The molecule has 8 heteroatoms. The maximum atomic E-state index is 12.2. The quantitative estimate of drug-likeness (QED) is 0.459. The Hall–Kier alpha value is -1.63. The second-order valence-electron chi connectivity index (χ2n) is 2.44. The lowest BCUT2D eigenvalue weighted by atomic mass is 10.2. The SMILES string of the molecule is O=Cc1c(Cl)cc(C(F)F)nc1[N+](=O)[O-]. The molecule has 0 amide bonds. The molecule has 5 nitrogen and oxygen atoms in total. The average molecular weight is 237 g/mol. The highest BCUT2D eigenvalue weighted by Crippen LogP contribution is 2.28. The fourth-order valence-electron chi connectivity index (χ4n) is 0.889. The van der Waals surface area contributed by atoms with Crippen molar-refractivity contribution in [3.63, 3.8) is 0 Å². The van der Waals surface area contributed by atoms with Crippen LogP contribution in [0.3, 0.4) is 0 Å². The molecule has 0 spiro atoms. The minimum Gasteiger partial charge on any atom is -0.358 e. The first-order valence-electron chi connectivity index (χ1n) is 3.55. The second kappa shape index (κ2) is 4.26. The van der Waals surface area contributed by atoms with E-state index < -0.39 is 33.4 Å². The van der Waals surface area contributed by atoms with Crippen LogP contribution in [0.15, 0.2) is 6.07 Å². The topological polar surface area (TPSA) is 73.1 Å². The summed E-state index contributed by atoms with van der Waals surface area (Å²) in [5.74, 6) is -0.965. The van der Waals surface area contributed by atoms with Crippen LogP contribution in [-0.2, 0) is 0 Å². The van der Waals surface area contributed by atoms with Gasteiger partial charge in [-0.05, 0) is 9.91 Å². The number of aromatic nitrogens is 1. The van der Waals surface area contributed by atoms with Crippen molar-refractivity contribution in [3.8, 4) is 0 Å². The van der Waals surface area contributed by atoms with Crippen molar-refractivity contribution in [1.82, 2.24) is 4.98 Å². The largest absolute Gasteiger partial charge is 0.376 e. The van der Waals surface area contributed by atoms with E-state index in [9.17, 15) is 23.7 Å². The summed E-state index contributed by atoms with van der Waals surface area (Å²) < 4.78 is 24.4. The van der Waals surface area contributed by atoms with Gasteiger partial charge in [0.2, 0.25) is 5.69 Å². The van der Waals surface area contributed by atoms with Gasteiger partial charge in [0.25, 0.3) is 0 Å². The maximum absolute atomic E-state index is 12.2. The van der Waals surface area contributed by atoms with Gasteiger partial charge in [-0.25, -0.2) is 8.78 Å². The van der Waals surface area contributed by atoms with E-state index in [1.165, 1.54) is 0 Å². The molecule has 15 heavy (non-hydrogen) atoms. The Bertz CT molecular complexity index is 425. The third kappa shape index (κ3) is 2.24. The van der Waals surface area contributed by atoms with Crippen LogP contribution in [0.2, 0.25) is 5.02 Å². The zero-order valence-electron chi connectivity index (χ0n) is 6.99. The molecule has 0 unspecified atom stereocenters. The van der Waals surface area contributed by atoms with Crippen LogP contribution in [0.5, 0.6) is 0 Å². The summed E-state index contributed by atoms with van der Waals surface area (Å²) in [5.41, 5.74) is -1.34. The summed E-state index contributed by atoms with van der Waals surface area (Å²) in [6.45, 7) is 0. The van der Waals surface area contributed by atoms with Crippen molar-refractivity contribution in [2.75, 3.05) is 0 Å². The van der Waals surface area contributed by atoms with E-state index in [1.54, 1.807) is 0 Å². The van der Waals surface area contributed by atoms with Gasteiger partial charge < -0.3 is 10.1 Å². The Morgan fingerprint density at radius 1 is 1.60 bits per heavy atom. The van der Waals surface area contributed by atoms with Crippen molar-refractivity contribution in [2.24, 2.45) is 0 Å². The van der Waals surface area contributed by atoms with Crippen molar-refractivity contribution in [1.29, 1.82) is 0 Å². The van der Waals surface area contributed by atoms with Gasteiger partial charge >= 0.3 is 12.2 Å². The van der Waals surface area contributed by atoms with Crippen LogP contribution in [0.4, 0.5) is 14.6 Å². The summed E-state index contributed by atoms with van der Waals surface area (Å²) >= 11 is 5.41. The summed E-state index contributed by atoms with van der Waals surface area (Å²) in [6, 6.07) is 0.725. The third-order valence-electron chi connectivity index (χ3n) is 1.52. The fourth-order valence-corrected chi connectivity index (χ4v) is 1.13. The van der Waals surface area contributed by atoms with Crippen molar-refractivity contribution in [2.45, 2.75) is 6.43 Å². The molecular formula is C7H3ClF2N2O3. The number of aldehydes is 1. The molecule has 0 aliphatic heterocycles. The Labute approximate surface area is 86.8 Å². The van der Waals surface area contributed by atoms with Crippen LogP contribution in [0, 0.1) is 10.1 Å². The molecule has 0 radical (unpaired) electrons. The molecule has 0 saturated heterocycles. The molecule has 0 aromatic carbocycles. The minimum absolute atomic E-state index is 0.0999. The number of hydrogen-bond donors (Lipinski definition) is 0. The van der Waals surface area contributed by atoms with Gasteiger partial charge in [0.05, 0.1) is 5.02 Å².